The summed E-state index contributed by atoms with van der Waals surface area (Å²) < 4.78 is 5.61. The van der Waals surface area contributed by atoms with Crippen molar-refractivity contribution in [1.29, 1.82) is 0 Å². The minimum Gasteiger partial charge on any atom is -0.504 e. The number of rotatable bonds is 4. The van der Waals surface area contributed by atoms with Crippen molar-refractivity contribution in [2.24, 2.45) is 5.73 Å². The minimum absolute atomic E-state index is 0.128. The number of ether oxygens (including phenoxy) is 1. The van der Waals surface area contributed by atoms with Crippen molar-refractivity contribution >= 4 is 0 Å². The highest BCUT2D eigenvalue weighted by Crippen LogP contribution is 2.33. The van der Waals surface area contributed by atoms with E-state index >= 15 is 0 Å². The van der Waals surface area contributed by atoms with E-state index < -0.39 is 0 Å². The summed E-state index contributed by atoms with van der Waals surface area (Å²) in [6, 6.07) is 15.0. The summed E-state index contributed by atoms with van der Waals surface area (Å²) in [7, 11) is 0. The van der Waals surface area contributed by atoms with Gasteiger partial charge < -0.3 is 15.6 Å². The molecule has 2 aromatic rings. The molecule has 2 aromatic carbocycles. The summed E-state index contributed by atoms with van der Waals surface area (Å²) in [5.41, 5.74) is 7.53. The Bertz CT molecular complexity index is 509. The molecule has 0 saturated heterocycles. The van der Waals surface area contributed by atoms with Crippen LogP contribution in [-0.4, -0.2) is 5.11 Å². The van der Waals surface area contributed by atoms with Crippen LogP contribution in [0.2, 0.25) is 0 Å². The van der Waals surface area contributed by atoms with Crippen molar-refractivity contribution < 1.29 is 9.84 Å². The third-order valence-electron chi connectivity index (χ3n) is 2.76. The number of para-hydroxylation sites is 1. The summed E-state index contributed by atoms with van der Waals surface area (Å²) in [6.07, 6.45) is 0. The Morgan fingerprint density at radius 3 is 2.50 bits per heavy atom. The highest BCUT2D eigenvalue weighted by Gasteiger charge is 2.11. The molecule has 0 aliphatic heterocycles. The van der Waals surface area contributed by atoms with E-state index in [2.05, 4.69) is 0 Å². The van der Waals surface area contributed by atoms with Gasteiger partial charge in [0.1, 0.15) is 6.61 Å². The molecule has 3 N–H and O–H groups in total. The molecule has 0 spiro atoms. The average molecular weight is 243 g/mol. The molecule has 0 bridgehead atoms. The molecule has 0 heterocycles. The van der Waals surface area contributed by atoms with Gasteiger partial charge in [0.15, 0.2) is 11.5 Å². The van der Waals surface area contributed by atoms with Gasteiger partial charge in [-0.15, -0.1) is 0 Å². The average Bonchev–Trinajstić information content (AvgIpc) is 2.38. The minimum atomic E-state index is -0.217. The smallest absolute Gasteiger partial charge is 0.162 e. The molecule has 3 heteroatoms. The zero-order chi connectivity index (χ0) is 13.0. The molecular weight excluding hydrogens is 226 g/mol. The first-order chi connectivity index (χ1) is 8.68. The Hall–Kier alpha value is -2.00. The molecule has 1 atom stereocenters. The molecule has 0 radical (unpaired) electrons. The predicted octanol–water partition coefficient (Wildman–Crippen LogP) is 2.99. The zero-order valence-electron chi connectivity index (χ0n) is 10.3. The molecule has 0 aliphatic carbocycles. The van der Waals surface area contributed by atoms with Gasteiger partial charge in [-0.25, -0.2) is 0 Å². The second-order valence-corrected chi connectivity index (χ2v) is 4.26. The van der Waals surface area contributed by atoms with Gasteiger partial charge in [0.2, 0.25) is 0 Å². The van der Waals surface area contributed by atoms with Crippen molar-refractivity contribution in [2.75, 3.05) is 0 Å². The Morgan fingerprint density at radius 1 is 1.11 bits per heavy atom. The van der Waals surface area contributed by atoms with E-state index in [4.69, 9.17) is 10.5 Å². The Kier molecular flexibility index (Phi) is 3.85. The lowest BCUT2D eigenvalue weighted by molar-refractivity contribution is 0.287. The largest absolute Gasteiger partial charge is 0.504 e. The number of hydrogen-bond donors (Lipinski definition) is 2. The van der Waals surface area contributed by atoms with Crippen LogP contribution in [0.15, 0.2) is 48.5 Å². The van der Waals surface area contributed by atoms with E-state index in [-0.39, 0.29) is 11.8 Å². The van der Waals surface area contributed by atoms with Gasteiger partial charge in [-0.1, -0.05) is 42.5 Å². The maximum Gasteiger partial charge on any atom is 0.162 e. The van der Waals surface area contributed by atoms with E-state index in [9.17, 15) is 5.11 Å². The lowest BCUT2D eigenvalue weighted by atomic mass is 10.1. The molecule has 0 aliphatic rings. The zero-order valence-corrected chi connectivity index (χ0v) is 10.3. The molecule has 0 amide bonds. The van der Waals surface area contributed by atoms with Crippen LogP contribution in [0, 0.1) is 0 Å². The lowest BCUT2D eigenvalue weighted by Gasteiger charge is -2.13. The van der Waals surface area contributed by atoms with Crippen molar-refractivity contribution in [2.45, 2.75) is 19.6 Å². The van der Waals surface area contributed by atoms with E-state index in [0.29, 0.717) is 17.9 Å². The van der Waals surface area contributed by atoms with Crippen molar-refractivity contribution in [3.63, 3.8) is 0 Å². The van der Waals surface area contributed by atoms with Crippen LogP contribution in [-0.2, 0) is 6.61 Å². The van der Waals surface area contributed by atoms with Crippen molar-refractivity contribution in [3.8, 4) is 11.5 Å². The maximum absolute atomic E-state index is 10.0. The molecule has 2 rings (SSSR count). The fourth-order valence-electron chi connectivity index (χ4n) is 1.76. The number of benzene rings is 2. The van der Waals surface area contributed by atoms with Crippen LogP contribution in [0.5, 0.6) is 11.5 Å². The second kappa shape index (κ2) is 5.56. The van der Waals surface area contributed by atoms with E-state index in [0.717, 1.165) is 5.56 Å². The fraction of sp³-hybridized carbons (Fsp3) is 0.200. The fourth-order valence-corrected chi connectivity index (χ4v) is 1.76. The van der Waals surface area contributed by atoms with Gasteiger partial charge in [-0.05, 0) is 18.6 Å². The van der Waals surface area contributed by atoms with Crippen LogP contribution < -0.4 is 10.5 Å². The third kappa shape index (κ3) is 2.81. The molecular formula is C15H17NO2. The van der Waals surface area contributed by atoms with E-state index in [1.807, 2.05) is 43.3 Å². The van der Waals surface area contributed by atoms with Crippen LogP contribution in [0.25, 0.3) is 0 Å². The first-order valence-electron chi connectivity index (χ1n) is 5.92. The van der Waals surface area contributed by atoms with Gasteiger partial charge >= 0.3 is 0 Å². The maximum atomic E-state index is 10.0. The first kappa shape index (κ1) is 12.5. The number of phenols is 1. The first-order valence-corrected chi connectivity index (χ1v) is 5.92. The molecule has 18 heavy (non-hydrogen) atoms. The summed E-state index contributed by atoms with van der Waals surface area (Å²) in [5.74, 6) is 0.595. The van der Waals surface area contributed by atoms with Gasteiger partial charge in [0, 0.05) is 11.6 Å². The van der Waals surface area contributed by atoms with Crippen LogP contribution in [0.4, 0.5) is 0 Å². The van der Waals surface area contributed by atoms with E-state index in [1.165, 1.54) is 0 Å². The highest BCUT2D eigenvalue weighted by atomic mass is 16.5. The second-order valence-electron chi connectivity index (χ2n) is 4.26. The van der Waals surface area contributed by atoms with E-state index in [1.54, 1.807) is 12.1 Å². The number of hydrogen-bond acceptors (Lipinski definition) is 3. The Balaban J connectivity index is 2.13. The van der Waals surface area contributed by atoms with Gasteiger partial charge in [-0.2, -0.15) is 0 Å². The normalized spacial score (nSPS) is 12.1. The number of aromatic hydroxyl groups is 1. The molecule has 0 aromatic heterocycles. The van der Waals surface area contributed by atoms with Crippen LogP contribution in [0.3, 0.4) is 0 Å². The molecule has 1 unspecified atom stereocenters. The summed E-state index contributed by atoms with van der Waals surface area (Å²) in [6.45, 7) is 2.26. The SMILES string of the molecule is CC(N)c1cccc(OCc2ccccc2)c1O. The van der Waals surface area contributed by atoms with Gasteiger partial charge in [0.25, 0.3) is 0 Å². The number of nitrogens with two attached hydrogens (primary N) is 1. The van der Waals surface area contributed by atoms with Crippen LogP contribution >= 0.6 is 0 Å². The highest BCUT2D eigenvalue weighted by molar-refractivity contribution is 5.46. The summed E-state index contributed by atoms with van der Waals surface area (Å²) >= 11 is 0. The predicted molar refractivity (Wildman–Crippen MR) is 71.5 cm³/mol. The topological polar surface area (TPSA) is 55.5 Å². The lowest BCUT2D eigenvalue weighted by Crippen LogP contribution is -2.06. The number of phenolic OH excluding ortho intramolecular Hbond substituents is 1. The van der Waals surface area contributed by atoms with Gasteiger partial charge in [0.05, 0.1) is 0 Å². The molecule has 0 saturated carbocycles. The molecule has 0 fully saturated rings. The standard InChI is InChI=1S/C15H17NO2/c1-11(16)13-8-5-9-14(15(13)17)18-10-12-6-3-2-4-7-12/h2-9,11,17H,10,16H2,1H3. The van der Waals surface area contributed by atoms with Crippen molar-refractivity contribution in [3.05, 3.63) is 59.7 Å². The molecule has 3 nitrogen and oxygen atoms in total. The third-order valence-corrected chi connectivity index (χ3v) is 2.76. The summed E-state index contributed by atoms with van der Waals surface area (Å²) in [4.78, 5) is 0. The summed E-state index contributed by atoms with van der Waals surface area (Å²) in [5, 5.41) is 10.0. The molecule has 94 valence electrons. The van der Waals surface area contributed by atoms with Gasteiger partial charge in [-0.3, -0.25) is 0 Å². The van der Waals surface area contributed by atoms with Crippen molar-refractivity contribution in [1.82, 2.24) is 0 Å². The van der Waals surface area contributed by atoms with Crippen LogP contribution in [0.1, 0.15) is 24.1 Å². The monoisotopic (exact) mass is 243 g/mol. The Labute approximate surface area is 107 Å². The quantitative estimate of drug-likeness (QED) is 0.868. The Morgan fingerprint density at radius 2 is 1.83 bits per heavy atom.